The highest BCUT2D eigenvalue weighted by molar-refractivity contribution is 6.17. The Morgan fingerprint density at radius 1 is 1.28 bits per heavy atom. The lowest BCUT2D eigenvalue weighted by Gasteiger charge is -2.28. The molecule has 0 bridgehead atoms. The molecule has 0 fully saturated rings. The van der Waals surface area contributed by atoms with Gasteiger partial charge >= 0.3 is 0 Å². The summed E-state index contributed by atoms with van der Waals surface area (Å²) < 4.78 is 10.6. The zero-order valence-corrected chi connectivity index (χ0v) is 20.1. The maximum absolute atomic E-state index is 13.4. The molecule has 1 aliphatic rings. The van der Waals surface area contributed by atoms with Gasteiger partial charge in [0.05, 0.1) is 12.2 Å². The SMILES string of the molecule is C/C=C\C(C)C(=O)C1=C(O)C(=O)N(c2ccc(-c3noc(C)n3)cc2)C1c1cccnc1OCCO. The van der Waals surface area contributed by atoms with Crippen molar-refractivity contribution in [2.24, 2.45) is 5.92 Å². The van der Waals surface area contributed by atoms with Gasteiger partial charge in [-0.25, -0.2) is 4.98 Å². The van der Waals surface area contributed by atoms with Crippen LogP contribution in [0.5, 0.6) is 5.88 Å². The van der Waals surface area contributed by atoms with Crippen molar-refractivity contribution in [3.63, 3.8) is 0 Å². The number of Topliss-reactive ketones (excluding diaryl/α,β-unsaturated/α-hetero) is 1. The molecule has 0 saturated heterocycles. The third kappa shape index (κ3) is 4.63. The van der Waals surface area contributed by atoms with E-state index in [1.807, 2.05) is 0 Å². The minimum Gasteiger partial charge on any atom is -0.503 e. The average molecular weight is 491 g/mol. The Bertz CT molecular complexity index is 1330. The predicted molar refractivity (Wildman–Crippen MR) is 130 cm³/mol. The van der Waals surface area contributed by atoms with Gasteiger partial charge in [0.1, 0.15) is 12.6 Å². The Balaban J connectivity index is 1.82. The van der Waals surface area contributed by atoms with Crippen molar-refractivity contribution in [1.29, 1.82) is 0 Å². The maximum Gasteiger partial charge on any atom is 0.294 e. The van der Waals surface area contributed by atoms with Gasteiger partial charge in [-0.05, 0) is 43.3 Å². The number of ether oxygens (including phenoxy) is 1. The second kappa shape index (κ2) is 10.5. The molecule has 0 aliphatic carbocycles. The van der Waals surface area contributed by atoms with E-state index in [1.54, 1.807) is 69.3 Å². The molecule has 1 aromatic carbocycles. The van der Waals surface area contributed by atoms with Crippen LogP contribution >= 0.6 is 0 Å². The highest BCUT2D eigenvalue weighted by Crippen LogP contribution is 2.44. The number of hydrogen-bond acceptors (Lipinski definition) is 9. The first-order valence-electron chi connectivity index (χ1n) is 11.4. The van der Waals surface area contributed by atoms with Crippen molar-refractivity contribution in [3.05, 3.63) is 77.5 Å². The molecule has 2 unspecified atom stereocenters. The summed E-state index contributed by atoms with van der Waals surface area (Å²) in [6.07, 6.45) is 4.94. The molecule has 3 aromatic rings. The van der Waals surface area contributed by atoms with Gasteiger partial charge in [-0.15, -0.1) is 0 Å². The molecule has 186 valence electrons. The van der Waals surface area contributed by atoms with Crippen molar-refractivity contribution in [2.45, 2.75) is 26.8 Å². The molecule has 0 spiro atoms. The van der Waals surface area contributed by atoms with Gasteiger partial charge in [0.2, 0.25) is 17.6 Å². The molecule has 0 radical (unpaired) electrons. The topological polar surface area (TPSA) is 139 Å². The molecule has 0 saturated carbocycles. The third-order valence-electron chi connectivity index (χ3n) is 5.72. The van der Waals surface area contributed by atoms with Crippen LogP contribution in [0.25, 0.3) is 11.4 Å². The predicted octanol–water partition coefficient (Wildman–Crippen LogP) is 3.49. The molecule has 3 heterocycles. The van der Waals surface area contributed by atoms with Crippen LogP contribution in [0.2, 0.25) is 0 Å². The number of carbonyl (C=O) groups excluding carboxylic acids is 2. The fourth-order valence-corrected chi connectivity index (χ4v) is 4.10. The first-order chi connectivity index (χ1) is 17.4. The molecule has 10 nitrogen and oxygen atoms in total. The van der Waals surface area contributed by atoms with Crippen molar-refractivity contribution < 1.29 is 29.1 Å². The smallest absolute Gasteiger partial charge is 0.294 e. The molecule has 10 heteroatoms. The Labute approximate surface area is 207 Å². The average Bonchev–Trinajstić information content (AvgIpc) is 3.43. The fraction of sp³-hybridized carbons (Fsp3) is 0.269. The highest BCUT2D eigenvalue weighted by atomic mass is 16.5. The summed E-state index contributed by atoms with van der Waals surface area (Å²) in [4.78, 5) is 36.6. The minimum absolute atomic E-state index is 0.0303. The van der Waals surface area contributed by atoms with Crippen LogP contribution in [0, 0.1) is 12.8 Å². The van der Waals surface area contributed by atoms with Gasteiger partial charge in [-0.2, -0.15) is 4.98 Å². The van der Waals surface area contributed by atoms with Crippen LogP contribution in [0.3, 0.4) is 0 Å². The van der Waals surface area contributed by atoms with Gasteiger partial charge in [0.15, 0.2) is 11.5 Å². The lowest BCUT2D eigenvalue weighted by Crippen LogP contribution is -2.32. The van der Waals surface area contributed by atoms with Crippen LogP contribution in [0.1, 0.15) is 31.3 Å². The van der Waals surface area contributed by atoms with E-state index in [0.29, 0.717) is 28.5 Å². The van der Waals surface area contributed by atoms with E-state index in [-0.39, 0.29) is 24.7 Å². The molecule has 36 heavy (non-hydrogen) atoms. The van der Waals surface area contributed by atoms with E-state index in [2.05, 4.69) is 15.1 Å². The number of aromatic nitrogens is 3. The number of benzene rings is 1. The molecule has 2 atom stereocenters. The molecule has 2 aromatic heterocycles. The van der Waals surface area contributed by atoms with E-state index in [0.717, 1.165) is 0 Å². The first-order valence-corrected chi connectivity index (χ1v) is 11.4. The molecular weight excluding hydrogens is 464 g/mol. The van der Waals surface area contributed by atoms with Crippen molar-refractivity contribution in [3.8, 4) is 17.3 Å². The summed E-state index contributed by atoms with van der Waals surface area (Å²) in [6, 6.07) is 9.11. The third-order valence-corrected chi connectivity index (χ3v) is 5.72. The summed E-state index contributed by atoms with van der Waals surface area (Å²) in [6.45, 7) is 4.89. The Kier molecular flexibility index (Phi) is 7.25. The van der Waals surface area contributed by atoms with Gasteiger partial charge < -0.3 is 19.5 Å². The molecule has 1 aliphatic heterocycles. The fourth-order valence-electron chi connectivity index (χ4n) is 4.10. The first kappa shape index (κ1) is 24.8. The number of hydrogen-bond donors (Lipinski definition) is 2. The Morgan fingerprint density at radius 2 is 2.03 bits per heavy atom. The largest absolute Gasteiger partial charge is 0.503 e. The van der Waals surface area contributed by atoms with Gasteiger partial charge in [0.25, 0.3) is 5.91 Å². The summed E-state index contributed by atoms with van der Waals surface area (Å²) >= 11 is 0. The van der Waals surface area contributed by atoms with E-state index in [1.165, 1.54) is 11.1 Å². The number of ketones is 1. The molecule has 1 amide bonds. The van der Waals surface area contributed by atoms with Gasteiger partial charge in [0, 0.05) is 35.9 Å². The van der Waals surface area contributed by atoms with E-state index in [4.69, 9.17) is 9.26 Å². The summed E-state index contributed by atoms with van der Waals surface area (Å²) in [5.74, 6) is -1.37. The molecular formula is C26H26N4O6. The number of aryl methyl sites for hydroxylation is 1. The second-order valence-corrected chi connectivity index (χ2v) is 8.17. The number of allylic oxidation sites excluding steroid dienone is 2. The monoisotopic (exact) mass is 490 g/mol. The quantitative estimate of drug-likeness (QED) is 0.431. The molecule has 2 N–H and O–H groups in total. The summed E-state index contributed by atoms with van der Waals surface area (Å²) in [5.41, 5.74) is 1.45. The number of aliphatic hydroxyl groups is 2. The summed E-state index contributed by atoms with van der Waals surface area (Å²) in [7, 11) is 0. The van der Waals surface area contributed by atoms with Gasteiger partial charge in [-0.1, -0.05) is 24.2 Å². The minimum atomic E-state index is -1.00. The Hall–Kier alpha value is -4.31. The standard InChI is InChI=1S/C26H26N4O6/c1-4-6-15(2)22(32)20-21(19-7-5-12-27-25(19)35-14-13-31)30(26(34)23(20)33)18-10-8-17(9-11-18)24-28-16(3)36-29-24/h4-12,15,21,31,33H,13-14H2,1-3H3/b6-4-. The van der Waals surface area contributed by atoms with Crippen LogP contribution < -0.4 is 9.64 Å². The maximum atomic E-state index is 13.4. The van der Waals surface area contributed by atoms with Crippen molar-refractivity contribution >= 4 is 17.4 Å². The lowest BCUT2D eigenvalue weighted by molar-refractivity contribution is -0.119. The van der Waals surface area contributed by atoms with Crippen LogP contribution in [-0.2, 0) is 9.59 Å². The van der Waals surface area contributed by atoms with Crippen molar-refractivity contribution in [1.82, 2.24) is 15.1 Å². The van der Waals surface area contributed by atoms with Crippen LogP contribution in [-0.4, -0.2) is 50.2 Å². The highest BCUT2D eigenvalue weighted by Gasteiger charge is 2.46. The number of carbonyl (C=O) groups is 2. The zero-order chi connectivity index (χ0) is 25.8. The second-order valence-electron chi connectivity index (χ2n) is 8.17. The number of rotatable bonds is 9. The zero-order valence-electron chi connectivity index (χ0n) is 20.1. The normalized spacial score (nSPS) is 16.7. The number of nitrogens with zero attached hydrogens (tertiary/aromatic N) is 4. The van der Waals surface area contributed by atoms with E-state index >= 15 is 0 Å². The lowest BCUT2D eigenvalue weighted by atomic mass is 9.90. The van der Waals surface area contributed by atoms with Crippen LogP contribution in [0.4, 0.5) is 5.69 Å². The number of aliphatic hydroxyl groups excluding tert-OH is 2. The molecule has 4 rings (SSSR count). The Morgan fingerprint density at radius 3 is 2.67 bits per heavy atom. The number of pyridine rings is 1. The number of amides is 1. The van der Waals surface area contributed by atoms with Crippen LogP contribution in [0.15, 0.2) is 70.6 Å². The van der Waals surface area contributed by atoms with E-state index in [9.17, 15) is 19.8 Å². The van der Waals surface area contributed by atoms with Gasteiger partial charge in [-0.3, -0.25) is 14.5 Å². The van der Waals surface area contributed by atoms with E-state index < -0.39 is 29.4 Å². The number of anilines is 1. The van der Waals surface area contributed by atoms with Crippen molar-refractivity contribution in [2.75, 3.05) is 18.1 Å². The summed E-state index contributed by atoms with van der Waals surface area (Å²) in [5, 5.41) is 24.1.